The molecule has 0 atom stereocenters. The van der Waals surface area contributed by atoms with E-state index in [0.29, 0.717) is 22.9 Å². The van der Waals surface area contributed by atoms with Gasteiger partial charge in [0.15, 0.2) is 5.82 Å². The second-order valence-corrected chi connectivity index (χ2v) is 5.37. The minimum absolute atomic E-state index is 0.0669. The summed E-state index contributed by atoms with van der Waals surface area (Å²) in [5, 5.41) is 9.22. The first-order chi connectivity index (χ1) is 8.74. The lowest BCUT2D eigenvalue weighted by Crippen LogP contribution is -2.40. The fourth-order valence-electron chi connectivity index (χ4n) is 2.54. The van der Waals surface area contributed by atoms with Crippen molar-refractivity contribution in [2.75, 3.05) is 18.1 Å². The van der Waals surface area contributed by atoms with Crippen LogP contribution in [0, 0.1) is 0 Å². The second kappa shape index (κ2) is 6.33. The number of aliphatic hydroxyl groups is 1. The fraction of sp³-hybridized carbons (Fsp3) is 0.667. The van der Waals surface area contributed by atoms with E-state index in [1.165, 1.54) is 25.6 Å². The lowest BCUT2D eigenvalue weighted by Gasteiger charge is -2.35. The molecule has 1 aliphatic carbocycles. The van der Waals surface area contributed by atoms with Gasteiger partial charge in [0.05, 0.1) is 12.9 Å². The largest absolute Gasteiger partial charge is 0.395 e. The van der Waals surface area contributed by atoms with Gasteiger partial charge in [0.25, 0.3) is 5.56 Å². The standard InChI is InChI=1S/C12H18BrN3O2/c13-10-11(14-8-15-12(10)18)16(6-7-17)9-4-2-1-3-5-9/h8-9,17H,1-7H2,(H,14,15,18). The molecule has 1 aromatic rings. The van der Waals surface area contributed by atoms with Crippen LogP contribution in [0.1, 0.15) is 32.1 Å². The molecular formula is C12H18BrN3O2. The van der Waals surface area contributed by atoms with E-state index in [-0.39, 0.29) is 12.2 Å². The van der Waals surface area contributed by atoms with E-state index in [1.54, 1.807) is 0 Å². The van der Waals surface area contributed by atoms with E-state index in [0.717, 1.165) is 12.8 Å². The topological polar surface area (TPSA) is 69.2 Å². The van der Waals surface area contributed by atoms with E-state index in [4.69, 9.17) is 0 Å². The number of aliphatic hydroxyl groups excluding tert-OH is 1. The highest BCUT2D eigenvalue weighted by Crippen LogP contribution is 2.28. The Balaban J connectivity index is 2.28. The van der Waals surface area contributed by atoms with E-state index >= 15 is 0 Å². The number of nitrogens with zero attached hydrogens (tertiary/aromatic N) is 2. The van der Waals surface area contributed by atoms with Crippen LogP contribution in [0.3, 0.4) is 0 Å². The molecule has 2 N–H and O–H groups in total. The highest BCUT2D eigenvalue weighted by molar-refractivity contribution is 9.10. The first kappa shape index (κ1) is 13.5. The molecule has 0 amide bonds. The number of halogens is 1. The zero-order chi connectivity index (χ0) is 13.0. The lowest BCUT2D eigenvalue weighted by molar-refractivity contribution is 0.289. The van der Waals surface area contributed by atoms with Crippen LogP contribution < -0.4 is 10.5 Å². The molecule has 0 unspecified atom stereocenters. The lowest BCUT2D eigenvalue weighted by atomic mass is 9.94. The van der Waals surface area contributed by atoms with Gasteiger partial charge in [-0.2, -0.15) is 0 Å². The summed E-state index contributed by atoms with van der Waals surface area (Å²) < 4.78 is 0.448. The van der Waals surface area contributed by atoms with Crippen LogP contribution in [0.4, 0.5) is 5.82 Å². The van der Waals surface area contributed by atoms with Crippen molar-refractivity contribution in [2.45, 2.75) is 38.1 Å². The SMILES string of the molecule is O=c1[nH]cnc(N(CCO)C2CCCCC2)c1Br. The van der Waals surface area contributed by atoms with E-state index < -0.39 is 0 Å². The summed E-state index contributed by atoms with van der Waals surface area (Å²) in [5.41, 5.74) is -0.182. The van der Waals surface area contributed by atoms with Gasteiger partial charge in [-0.25, -0.2) is 4.98 Å². The molecule has 1 heterocycles. The Morgan fingerprint density at radius 1 is 1.44 bits per heavy atom. The molecule has 0 bridgehead atoms. The first-order valence-corrected chi connectivity index (χ1v) is 7.14. The fourth-order valence-corrected chi connectivity index (χ4v) is 2.98. The predicted octanol–water partition coefficient (Wildman–Crippen LogP) is 1.66. The zero-order valence-electron chi connectivity index (χ0n) is 10.2. The van der Waals surface area contributed by atoms with Gasteiger partial charge in [0, 0.05) is 12.6 Å². The normalized spacial score (nSPS) is 16.8. The van der Waals surface area contributed by atoms with Crippen molar-refractivity contribution in [2.24, 2.45) is 0 Å². The Bertz CT molecular complexity index is 443. The maximum absolute atomic E-state index is 11.6. The van der Waals surface area contributed by atoms with Crippen molar-refractivity contribution in [1.29, 1.82) is 0 Å². The van der Waals surface area contributed by atoms with E-state index in [2.05, 4.69) is 30.8 Å². The van der Waals surface area contributed by atoms with Gasteiger partial charge in [0.2, 0.25) is 0 Å². The summed E-state index contributed by atoms with van der Waals surface area (Å²) in [6.07, 6.45) is 7.28. The average molecular weight is 316 g/mol. The summed E-state index contributed by atoms with van der Waals surface area (Å²) >= 11 is 3.29. The van der Waals surface area contributed by atoms with Crippen molar-refractivity contribution >= 4 is 21.7 Å². The summed E-state index contributed by atoms with van der Waals surface area (Å²) in [6, 6.07) is 0.372. The minimum Gasteiger partial charge on any atom is -0.395 e. The monoisotopic (exact) mass is 315 g/mol. The van der Waals surface area contributed by atoms with Crippen molar-refractivity contribution in [3.05, 3.63) is 21.2 Å². The molecule has 1 aromatic heterocycles. The van der Waals surface area contributed by atoms with Crippen LogP contribution in [-0.2, 0) is 0 Å². The summed E-state index contributed by atoms with van der Waals surface area (Å²) in [6.45, 7) is 0.580. The van der Waals surface area contributed by atoms with Gasteiger partial charge >= 0.3 is 0 Å². The molecule has 1 fully saturated rings. The smallest absolute Gasteiger partial charge is 0.267 e. The van der Waals surface area contributed by atoms with Crippen LogP contribution in [0.5, 0.6) is 0 Å². The Labute approximate surface area is 114 Å². The number of nitrogens with one attached hydrogen (secondary N) is 1. The van der Waals surface area contributed by atoms with Gasteiger partial charge in [0.1, 0.15) is 4.47 Å². The molecule has 0 spiro atoms. The minimum atomic E-state index is -0.182. The molecule has 6 heteroatoms. The van der Waals surface area contributed by atoms with Gasteiger partial charge in [-0.3, -0.25) is 4.79 Å². The molecule has 0 radical (unpaired) electrons. The molecule has 18 heavy (non-hydrogen) atoms. The molecule has 1 aliphatic rings. The maximum Gasteiger partial charge on any atom is 0.267 e. The van der Waals surface area contributed by atoms with E-state index in [9.17, 15) is 9.90 Å². The van der Waals surface area contributed by atoms with Gasteiger partial charge in [-0.05, 0) is 28.8 Å². The quantitative estimate of drug-likeness (QED) is 0.886. The Kier molecular flexibility index (Phi) is 4.77. The summed E-state index contributed by atoms with van der Waals surface area (Å²) in [5.74, 6) is 0.639. The Morgan fingerprint density at radius 2 is 2.17 bits per heavy atom. The molecule has 100 valence electrons. The van der Waals surface area contributed by atoms with Gasteiger partial charge in [-0.1, -0.05) is 19.3 Å². The van der Waals surface area contributed by atoms with Crippen LogP contribution >= 0.6 is 15.9 Å². The third kappa shape index (κ3) is 2.92. The highest BCUT2D eigenvalue weighted by Gasteiger charge is 2.24. The van der Waals surface area contributed by atoms with Crippen molar-refractivity contribution in [1.82, 2.24) is 9.97 Å². The molecule has 0 aromatic carbocycles. The second-order valence-electron chi connectivity index (χ2n) is 4.58. The van der Waals surface area contributed by atoms with Crippen LogP contribution in [0.25, 0.3) is 0 Å². The number of aromatic amines is 1. The third-order valence-electron chi connectivity index (χ3n) is 3.41. The first-order valence-electron chi connectivity index (χ1n) is 6.34. The Morgan fingerprint density at radius 3 is 2.83 bits per heavy atom. The molecular weight excluding hydrogens is 298 g/mol. The number of aromatic nitrogens is 2. The van der Waals surface area contributed by atoms with Crippen LogP contribution in [-0.4, -0.2) is 34.3 Å². The zero-order valence-corrected chi connectivity index (χ0v) is 11.8. The predicted molar refractivity (Wildman–Crippen MR) is 73.9 cm³/mol. The third-order valence-corrected chi connectivity index (χ3v) is 4.12. The summed E-state index contributed by atoms with van der Waals surface area (Å²) in [7, 11) is 0. The molecule has 1 saturated carbocycles. The highest BCUT2D eigenvalue weighted by atomic mass is 79.9. The van der Waals surface area contributed by atoms with Crippen molar-refractivity contribution < 1.29 is 5.11 Å². The number of anilines is 1. The number of hydrogen-bond acceptors (Lipinski definition) is 4. The van der Waals surface area contributed by atoms with Crippen molar-refractivity contribution in [3.63, 3.8) is 0 Å². The Hall–Kier alpha value is -0.880. The number of rotatable bonds is 4. The van der Waals surface area contributed by atoms with Crippen LogP contribution in [0.2, 0.25) is 0 Å². The van der Waals surface area contributed by atoms with Crippen molar-refractivity contribution in [3.8, 4) is 0 Å². The molecule has 5 nitrogen and oxygen atoms in total. The van der Waals surface area contributed by atoms with Crippen LogP contribution in [0.15, 0.2) is 15.6 Å². The summed E-state index contributed by atoms with van der Waals surface area (Å²) in [4.78, 5) is 20.4. The number of H-pyrrole nitrogens is 1. The van der Waals surface area contributed by atoms with Gasteiger partial charge < -0.3 is 15.0 Å². The maximum atomic E-state index is 11.6. The molecule has 0 aliphatic heterocycles. The molecule has 0 saturated heterocycles. The molecule has 2 rings (SSSR count). The van der Waals surface area contributed by atoms with E-state index in [1.807, 2.05) is 0 Å². The average Bonchev–Trinajstić information content (AvgIpc) is 2.41. The van der Waals surface area contributed by atoms with Gasteiger partial charge in [-0.15, -0.1) is 0 Å². The number of hydrogen-bond donors (Lipinski definition) is 2.